The SMILES string of the molecule is Cc1noc(CNS(=O)(=O)c2cc(C(=O)O)n(C)c2)n1. The molecule has 0 unspecified atom stereocenters. The number of aromatic carboxylic acids is 1. The molecule has 0 amide bonds. The lowest BCUT2D eigenvalue weighted by molar-refractivity contribution is 0.0686. The molecule has 2 rings (SSSR count). The van der Waals surface area contributed by atoms with E-state index in [0.717, 1.165) is 6.07 Å². The Kier molecular flexibility index (Phi) is 3.59. The van der Waals surface area contributed by atoms with Crippen LogP contribution in [0.15, 0.2) is 21.7 Å². The number of carboxylic acids is 1. The Morgan fingerprint density at radius 3 is 2.75 bits per heavy atom. The molecule has 0 bridgehead atoms. The lowest BCUT2D eigenvalue weighted by Gasteiger charge is -2.01. The van der Waals surface area contributed by atoms with E-state index >= 15 is 0 Å². The van der Waals surface area contributed by atoms with Gasteiger partial charge in [-0.1, -0.05) is 5.16 Å². The van der Waals surface area contributed by atoms with Crippen LogP contribution in [0, 0.1) is 6.92 Å². The van der Waals surface area contributed by atoms with E-state index in [9.17, 15) is 13.2 Å². The molecule has 9 nitrogen and oxygen atoms in total. The van der Waals surface area contributed by atoms with E-state index in [0.29, 0.717) is 5.82 Å². The van der Waals surface area contributed by atoms with E-state index in [1.54, 1.807) is 6.92 Å². The molecule has 0 spiro atoms. The molecule has 2 N–H and O–H groups in total. The molecule has 10 heteroatoms. The molecule has 0 aliphatic carbocycles. The first kappa shape index (κ1) is 14.2. The first-order valence-corrected chi connectivity index (χ1v) is 6.96. The molecule has 0 fully saturated rings. The molecular weight excluding hydrogens is 288 g/mol. The molecular formula is C10H12N4O5S. The van der Waals surface area contributed by atoms with Gasteiger partial charge in [-0.3, -0.25) is 0 Å². The van der Waals surface area contributed by atoms with Gasteiger partial charge in [-0.2, -0.15) is 4.98 Å². The van der Waals surface area contributed by atoms with Crippen molar-refractivity contribution in [3.8, 4) is 0 Å². The normalized spacial score (nSPS) is 11.7. The van der Waals surface area contributed by atoms with Gasteiger partial charge in [0.1, 0.15) is 10.6 Å². The van der Waals surface area contributed by atoms with Crippen LogP contribution in [-0.2, 0) is 23.6 Å². The number of carbonyl (C=O) groups is 1. The number of aromatic nitrogens is 3. The molecule has 2 heterocycles. The van der Waals surface area contributed by atoms with Crippen LogP contribution in [0.1, 0.15) is 22.2 Å². The highest BCUT2D eigenvalue weighted by molar-refractivity contribution is 7.89. The summed E-state index contributed by atoms with van der Waals surface area (Å²) in [5.41, 5.74) is -0.126. The summed E-state index contributed by atoms with van der Waals surface area (Å²) in [6.45, 7) is 1.44. The van der Waals surface area contributed by atoms with Crippen molar-refractivity contribution in [2.75, 3.05) is 0 Å². The van der Waals surface area contributed by atoms with Crippen molar-refractivity contribution in [2.24, 2.45) is 7.05 Å². The largest absolute Gasteiger partial charge is 0.477 e. The number of aryl methyl sites for hydroxylation is 2. The number of rotatable bonds is 5. The lowest BCUT2D eigenvalue weighted by atomic mass is 10.4. The number of hydrogen-bond donors (Lipinski definition) is 2. The molecule has 2 aromatic heterocycles. The summed E-state index contributed by atoms with van der Waals surface area (Å²) in [5, 5.41) is 12.4. The minimum absolute atomic E-state index is 0.125. The number of nitrogens with one attached hydrogen (secondary N) is 1. The Labute approximate surface area is 114 Å². The van der Waals surface area contributed by atoms with Gasteiger partial charge in [0.05, 0.1) is 6.54 Å². The number of sulfonamides is 1. The Bertz CT molecular complexity index is 746. The maximum atomic E-state index is 12.0. The van der Waals surface area contributed by atoms with Crippen LogP contribution in [0.4, 0.5) is 0 Å². The molecule has 0 aliphatic heterocycles. The van der Waals surface area contributed by atoms with Crippen molar-refractivity contribution in [1.82, 2.24) is 19.4 Å². The van der Waals surface area contributed by atoms with E-state index in [1.165, 1.54) is 17.8 Å². The average Bonchev–Trinajstić information content (AvgIpc) is 2.93. The van der Waals surface area contributed by atoms with Crippen molar-refractivity contribution in [3.63, 3.8) is 0 Å². The summed E-state index contributed by atoms with van der Waals surface area (Å²) in [7, 11) is -2.40. The second-order valence-corrected chi connectivity index (χ2v) is 5.80. The van der Waals surface area contributed by atoms with Gasteiger partial charge in [0.15, 0.2) is 5.82 Å². The molecule has 0 aliphatic rings. The standard InChI is InChI=1S/C10H12N4O5S/c1-6-12-9(19-13-6)4-11-20(17,18)7-3-8(10(15)16)14(2)5-7/h3,5,11H,4H2,1-2H3,(H,15,16). The average molecular weight is 300 g/mol. The Hall–Kier alpha value is -2.20. The second-order valence-electron chi connectivity index (χ2n) is 4.04. The van der Waals surface area contributed by atoms with Crippen LogP contribution in [-0.4, -0.2) is 34.2 Å². The molecule has 0 radical (unpaired) electrons. The van der Waals surface area contributed by atoms with E-state index in [2.05, 4.69) is 14.9 Å². The first-order chi connectivity index (χ1) is 9.29. The van der Waals surface area contributed by atoms with Gasteiger partial charge < -0.3 is 14.2 Å². The first-order valence-electron chi connectivity index (χ1n) is 5.48. The van der Waals surface area contributed by atoms with Crippen molar-refractivity contribution < 1.29 is 22.8 Å². The van der Waals surface area contributed by atoms with Gasteiger partial charge in [0.2, 0.25) is 15.9 Å². The predicted octanol–water partition coefficient (Wildman–Crippen LogP) is -0.107. The summed E-state index contributed by atoms with van der Waals surface area (Å²) in [5.74, 6) is -0.686. The quantitative estimate of drug-likeness (QED) is 0.788. The van der Waals surface area contributed by atoms with Gasteiger partial charge in [0.25, 0.3) is 0 Å². The zero-order valence-corrected chi connectivity index (χ0v) is 11.5. The van der Waals surface area contributed by atoms with E-state index in [4.69, 9.17) is 9.63 Å². The summed E-state index contributed by atoms with van der Waals surface area (Å²) in [4.78, 5) is 14.6. The Balaban J connectivity index is 2.18. The maximum Gasteiger partial charge on any atom is 0.352 e. The smallest absolute Gasteiger partial charge is 0.352 e. The van der Waals surface area contributed by atoms with Gasteiger partial charge in [-0.25, -0.2) is 17.9 Å². The zero-order valence-electron chi connectivity index (χ0n) is 10.7. The van der Waals surface area contributed by atoms with Crippen LogP contribution < -0.4 is 4.72 Å². The summed E-state index contributed by atoms with van der Waals surface area (Å²) >= 11 is 0. The number of carboxylic acid groups (broad SMARTS) is 1. The molecule has 0 saturated heterocycles. The molecule has 0 atom stereocenters. The molecule has 2 aromatic rings. The third-order valence-corrected chi connectivity index (χ3v) is 3.86. The highest BCUT2D eigenvalue weighted by Crippen LogP contribution is 2.13. The Morgan fingerprint density at radius 2 is 2.25 bits per heavy atom. The van der Waals surface area contributed by atoms with E-state index in [1.807, 2.05) is 0 Å². The minimum atomic E-state index is -3.85. The summed E-state index contributed by atoms with van der Waals surface area (Å²) < 4.78 is 32.2. The van der Waals surface area contributed by atoms with E-state index in [-0.39, 0.29) is 23.0 Å². The fourth-order valence-corrected chi connectivity index (χ4v) is 2.59. The molecule has 108 valence electrons. The summed E-state index contributed by atoms with van der Waals surface area (Å²) in [6.07, 6.45) is 1.21. The Morgan fingerprint density at radius 1 is 1.55 bits per heavy atom. The second kappa shape index (κ2) is 5.06. The third-order valence-electron chi connectivity index (χ3n) is 2.49. The zero-order chi connectivity index (χ0) is 14.9. The van der Waals surface area contributed by atoms with Crippen molar-refractivity contribution >= 4 is 16.0 Å². The van der Waals surface area contributed by atoms with Gasteiger partial charge >= 0.3 is 5.97 Å². The number of hydrogen-bond acceptors (Lipinski definition) is 6. The van der Waals surface area contributed by atoms with Crippen LogP contribution in [0.25, 0.3) is 0 Å². The van der Waals surface area contributed by atoms with Crippen molar-refractivity contribution in [1.29, 1.82) is 0 Å². The third kappa shape index (κ3) is 2.86. The van der Waals surface area contributed by atoms with Crippen molar-refractivity contribution in [3.05, 3.63) is 29.7 Å². The van der Waals surface area contributed by atoms with Crippen LogP contribution in [0.2, 0.25) is 0 Å². The van der Waals surface area contributed by atoms with Gasteiger partial charge in [-0.05, 0) is 13.0 Å². The fourth-order valence-electron chi connectivity index (χ4n) is 1.55. The number of nitrogens with zero attached hydrogens (tertiary/aromatic N) is 3. The summed E-state index contributed by atoms with van der Waals surface area (Å²) in [6, 6.07) is 1.07. The highest BCUT2D eigenvalue weighted by atomic mass is 32.2. The topological polar surface area (TPSA) is 127 Å². The highest BCUT2D eigenvalue weighted by Gasteiger charge is 2.20. The van der Waals surface area contributed by atoms with Crippen LogP contribution in [0.5, 0.6) is 0 Å². The van der Waals surface area contributed by atoms with Crippen LogP contribution in [0.3, 0.4) is 0 Å². The van der Waals surface area contributed by atoms with Crippen molar-refractivity contribution in [2.45, 2.75) is 18.4 Å². The van der Waals surface area contributed by atoms with Gasteiger partial charge in [-0.15, -0.1) is 0 Å². The molecule has 20 heavy (non-hydrogen) atoms. The van der Waals surface area contributed by atoms with Crippen LogP contribution >= 0.6 is 0 Å². The lowest BCUT2D eigenvalue weighted by Crippen LogP contribution is -2.23. The predicted molar refractivity (Wildman–Crippen MR) is 65.4 cm³/mol. The maximum absolute atomic E-state index is 12.0. The molecule has 0 saturated carbocycles. The molecule has 0 aromatic carbocycles. The van der Waals surface area contributed by atoms with Gasteiger partial charge in [0, 0.05) is 13.2 Å². The fraction of sp³-hybridized carbons (Fsp3) is 0.300. The van der Waals surface area contributed by atoms with E-state index < -0.39 is 16.0 Å². The minimum Gasteiger partial charge on any atom is -0.477 e. The monoisotopic (exact) mass is 300 g/mol.